The summed E-state index contributed by atoms with van der Waals surface area (Å²) in [5.41, 5.74) is 1.81. The molecular weight excluding hydrogens is 369 g/mol. The van der Waals surface area contributed by atoms with Gasteiger partial charge in [-0.05, 0) is 55.4 Å². The number of aromatic nitrogens is 3. The van der Waals surface area contributed by atoms with Gasteiger partial charge >= 0.3 is 5.97 Å². The van der Waals surface area contributed by atoms with Crippen LogP contribution >= 0.6 is 35.0 Å². The van der Waals surface area contributed by atoms with E-state index in [0.717, 1.165) is 25.7 Å². The monoisotopic (exact) mass is 385 g/mol. The van der Waals surface area contributed by atoms with Crippen LogP contribution < -0.4 is 0 Å². The number of aromatic carboxylic acids is 1. The second-order valence-electron chi connectivity index (χ2n) is 5.93. The van der Waals surface area contributed by atoms with Gasteiger partial charge in [-0.1, -0.05) is 28.4 Å². The highest BCUT2D eigenvalue weighted by Gasteiger charge is 2.24. The summed E-state index contributed by atoms with van der Waals surface area (Å²) in [6, 6.07) is 5.76. The molecule has 0 bridgehead atoms. The number of carboxylic acid groups (broad SMARTS) is 1. The Morgan fingerprint density at radius 3 is 2.50 bits per heavy atom. The molecule has 0 atom stereocenters. The van der Waals surface area contributed by atoms with Crippen molar-refractivity contribution in [2.24, 2.45) is 0 Å². The first-order valence-corrected chi connectivity index (χ1v) is 9.54. The molecule has 0 aliphatic heterocycles. The number of hydrogen-bond donors (Lipinski definition) is 2. The molecule has 1 aromatic heterocycles. The van der Waals surface area contributed by atoms with Crippen LogP contribution in [0.5, 0.6) is 0 Å². The largest absolute Gasteiger partial charge is 0.476 e. The Balaban J connectivity index is 1.53. The van der Waals surface area contributed by atoms with Crippen LogP contribution in [-0.4, -0.2) is 31.7 Å². The molecule has 0 spiro atoms. The number of H-pyrrole nitrogens is 1. The Morgan fingerprint density at radius 2 is 1.88 bits per heavy atom. The SMILES string of the molecule is O=C(O)c1[nH]nnc1CSC1CCC(c2cc(Cl)cc(Cl)c2)CC1. The van der Waals surface area contributed by atoms with Gasteiger partial charge in [-0.2, -0.15) is 11.8 Å². The number of carboxylic acids is 1. The Labute approximate surface area is 154 Å². The molecule has 1 aliphatic carbocycles. The zero-order chi connectivity index (χ0) is 17.1. The standard InChI is InChI=1S/C16H17Cl2N3O2S/c17-11-5-10(6-12(18)7-11)9-1-3-13(4-2-9)24-8-14-15(16(22)23)20-21-19-14/h5-7,9,13H,1-4,8H2,(H,22,23)(H,19,20,21). The van der Waals surface area contributed by atoms with E-state index in [1.165, 1.54) is 5.56 Å². The molecule has 2 aromatic rings. The van der Waals surface area contributed by atoms with Crippen molar-refractivity contribution in [3.8, 4) is 0 Å². The lowest BCUT2D eigenvalue weighted by Crippen LogP contribution is -2.15. The van der Waals surface area contributed by atoms with Crippen molar-refractivity contribution in [2.75, 3.05) is 0 Å². The molecule has 128 valence electrons. The first-order valence-electron chi connectivity index (χ1n) is 7.73. The molecule has 5 nitrogen and oxygen atoms in total. The van der Waals surface area contributed by atoms with Crippen LogP contribution in [0.25, 0.3) is 0 Å². The van der Waals surface area contributed by atoms with Crippen LogP contribution in [0.2, 0.25) is 10.0 Å². The summed E-state index contributed by atoms with van der Waals surface area (Å²) < 4.78 is 0. The molecule has 0 unspecified atom stereocenters. The molecule has 1 aromatic carbocycles. The second-order valence-corrected chi connectivity index (χ2v) is 8.09. The van der Waals surface area contributed by atoms with Gasteiger partial charge in [0.05, 0.1) is 0 Å². The number of halogens is 2. The summed E-state index contributed by atoms with van der Waals surface area (Å²) in [6.07, 6.45) is 4.33. The van der Waals surface area contributed by atoms with Gasteiger partial charge in [0.15, 0.2) is 5.69 Å². The lowest BCUT2D eigenvalue weighted by atomic mass is 9.84. The zero-order valence-electron chi connectivity index (χ0n) is 12.8. The molecule has 24 heavy (non-hydrogen) atoms. The van der Waals surface area contributed by atoms with Gasteiger partial charge < -0.3 is 5.11 Å². The maximum atomic E-state index is 11.0. The number of carbonyl (C=O) groups is 1. The van der Waals surface area contributed by atoms with E-state index in [2.05, 4.69) is 15.4 Å². The fourth-order valence-electron chi connectivity index (χ4n) is 3.09. The fourth-order valence-corrected chi connectivity index (χ4v) is 4.84. The molecule has 1 aliphatic rings. The van der Waals surface area contributed by atoms with Gasteiger partial charge in [-0.25, -0.2) is 4.79 Å². The summed E-state index contributed by atoms with van der Waals surface area (Å²) in [6.45, 7) is 0. The van der Waals surface area contributed by atoms with E-state index in [4.69, 9.17) is 28.3 Å². The molecule has 1 saturated carbocycles. The highest BCUT2D eigenvalue weighted by molar-refractivity contribution is 7.99. The predicted molar refractivity (Wildman–Crippen MR) is 96.1 cm³/mol. The van der Waals surface area contributed by atoms with E-state index in [-0.39, 0.29) is 5.69 Å². The third kappa shape index (κ3) is 4.23. The minimum absolute atomic E-state index is 0.0877. The smallest absolute Gasteiger partial charge is 0.355 e. The maximum absolute atomic E-state index is 11.0. The minimum Gasteiger partial charge on any atom is -0.476 e. The molecule has 1 heterocycles. The average molecular weight is 386 g/mol. The lowest BCUT2D eigenvalue weighted by molar-refractivity contribution is 0.0689. The summed E-state index contributed by atoms with van der Waals surface area (Å²) in [7, 11) is 0. The third-order valence-corrected chi connectivity index (χ3v) is 6.14. The molecule has 3 rings (SSSR count). The fraction of sp³-hybridized carbons (Fsp3) is 0.438. The number of thioether (sulfide) groups is 1. The van der Waals surface area contributed by atoms with E-state index < -0.39 is 5.97 Å². The first-order chi connectivity index (χ1) is 11.5. The van der Waals surface area contributed by atoms with Crippen molar-refractivity contribution >= 4 is 40.9 Å². The number of aromatic amines is 1. The topological polar surface area (TPSA) is 78.9 Å². The number of rotatable bonds is 5. The first kappa shape index (κ1) is 17.6. The van der Waals surface area contributed by atoms with E-state index in [9.17, 15) is 4.79 Å². The average Bonchev–Trinajstić information content (AvgIpc) is 3.01. The normalized spacial score (nSPS) is 20.9. The van der Waals surface area contributed by atoms with E-state index in [1.807, 2.05) is 12.1 Å². The zero-order valence-corrected chi connectivity index (χ0v) is 15.2. The van der Waals surface area contributed by atoms with Crippen LogP contribution in [0.3, 0.4) is 0 Å². The van der Waals surface area contributed by atoms with E-state index in [1.54, 1.807) is 17.8 Å². The van der Waals surface area contributed by atoms with Crippen molar-refractivity contribution in [3.63, 3.8) is 0 Å². The molecule has 0 amide bonds. The third-order valence-electron chi connectivity index (χ3n) is 4.32. The molecule has 1 fully saturated rings. The van der Waals surface area contributed by atoms with Gasteiger partial charge in [-0.15, -0.1) is 5.10 Å². The van der Waals surface area contributed by atoms with Crippen molar-refractivity contribution in [3.05, 3.63) is 45.2 Å². The van der Waals surface area contributed by atoms with Crippen molar-refractivity contribution in [2.45, 2.75) is 42.6 Å². The Kier molecular flexibility index (Phi) is 5.69. The van der Waals surface area contributed by atoms with Crippen LogP contribution in [0, 0.1) is 0 Å². The number of nitrogens with zero attached hydrogens (tertiary/aromatic N) is 2. The summed E-state index contributed by atoms with van der Waals surface area (Å²) in [5.74, 6) is 0.0352. The van der Waals surface area contributed by atoms with Gasteiger partial charge in [0.25, 0.3) is 0 Å². The van der Waals surface area contributed by atoms with Crippen LogP contribution in [0.4, 0.5) is 0 Å². The highest BCUT2D eigenvalue weighted by Crippen LogP contribution is 2.39. The quantitative estimate of drug-likeness (QED) is 0.774. The highest BCUT2D eigenvalue weighted by atomic mass is 35.5. The maximum Gasteiger partial charge on any atom is 0.355 e. The number of hydrogen-bond acceptors (Lipinski definition) is 4. The Bertz CT molecular complexity index is 710. The van der Waals surface area contributed by atoms with E-state index in [0.29, 0.717) is 32.7 Å². The number of nitrogens with one attached hydrogen (secondary N) is 1. The second kappa shape index (κ2) is 7.76. The number of benzene rings is 1. The van der Waals surface area contributed by atoms with Gasteiger partial charge in [0.1, 0.15) is 5.69 Å². The van der Waals surface area contributed by atoms with Gasteiger partial charge in [-0.3, -0.25) is 5.10 Å². The van der Waals surface area contributed by atoms with E-state index >= 15 is 0 Å². The summed E-state index contributed by atoms with van der Waals surface area (Å²) in [5, 5.41) is 20.8. The predicted octanol–water partition coefficient (Wildman–Crippen LogP) is 4.77. The van der Waals surface area contributed by atoms with Crippen LogP contribution in [0.15, 0.2) is 18.2 Å². The van der Waals surface area contributed by atoms with Gasteiger partial charge in [0.2, 0.25) is 0 Å². The molecule has 0 saturated heterocycles. The van der Waals surface area contributed by atoms with Crippen molar-refractivity contribution in [1.29, 1.82) is 0 Å². The van der Waals surface area contributed by atoms with Gasteiger partial charge in [0, 0.05) is 21.0 Å². The minimum atomic E-state index is -1.02. The van der Waals surface area contributed by atoms with Crippen LogP contribution in [-0.2, 0) is 5.75 Å². The van der Waals surface area contributed by atoms with Crippen molar-refractivity contribution in [1.82, 2.24) is 15.4 Å². The van der Waals surface area contributed by atoms with Crippen LogP contribution in [0.1, 0.15) is 53.3 Å². The molecule has 2 N–H and O–H groups in total. The Morgan fingerprint density at radius 1 is 1.21 bits per heavy atom. The lowest BCUT2D eigenvalue weighted by Gasteiger charge is -2.28. The Hall–Kier alpha value is -1.24. The summed E-state index contributed by atoms with van der Waals surface area (Å²) in [4.78, 5) is 11.0. The summed E-state index contributed by atoms with van der Waals surface area (Å²) >= 11 is 13.9. The molecule has 8 heteroatoms. The van der Waals surface area contributed by atoms with Crippen molar-refractivity contribution < 1.29 is 9.90 Å². The molecular formula is C16H17Cl2N3O2S. The molecule has 0 radical (unpaired) electrons.